The van der Waals surface area contributed by atoms with Crippen molar-refractivity contribution in [2.75, 3.05) is 31.1 Å². The van der Waals surface area contributed by atoms with E-state index >= 15 is 0 Å². The quantitative estimate of drug-likeness (QED) is 0.409. The number of nitrogens with zero attached hydrogens (tertiary/aromatic N) is 3. The summed E-state index contributed by atoms with van der Waals surface area (Å²) in [7, 11) is 0. The van der Waals surface area contributed by atoms with E-state index in [-0.39, 0.29) is 77.6 Å². The smallest absolute Gasteiger partial charge is 0.414 e. The first kappa shape index (κ1) is 20.4. The summed E-state index contributed by atoms with van der Waals surface area (Å²) in [5.41, 5.74) is 1.27. The third-order valence-electron chi connectivity index (χ3n) is 3.43. The number of carbonyl (C=O) groups excluding carboxylic acids is 1. The summed E-state index contributed by atoms with van der Waals surface area (Å²) in [4.78, 5) is 14.0. The van der Waals surface area contributed by atoms with Gasteiger partial charge in [-0.1, -0.05) is 0 Å². The molecule has 0 atom stereocenters. The Kier molecular flexibility index (Phi) is 7.48. The first-order valence-corrected chi connectivity index (χ1v) is 6.47. The zero-order chi connectivity index (χ0) is 16.3. The maximum absolute atomic E-state index is 13.0. The molecular formula is C14H12F4KN3O. The minimum Gasteiger partial charge on any atom is -0.414 e. The third-order valence-corrected chi connectivity index (χ3v) is 3.43. The summed E-state index contributed by atoms with van der Waals surface area (Å²) < 4.78 is 50.2. The van der Waals surface area contributed by atoms with Gasteiger partial charge in [-0.2, -0.15) is 5.26 Å². The maximum Gasteiger partial charge on any atom is 1.00 e. The summed E-state index contributed by atoms with van der Waals surface area (Å²) in [6.45, 7) is 0.368. The molecular weight excluding hydrogens is 341 g/mol. The van der Waals surface area contributed by atoms with Crippen LogP contribution in [0.2, 0.25) is 0 Å². The number of benzene rings is 1. The molecule has 1 fully saturated rings. The first-order valence-electron chi connectivity index (χ1n) is 6.47. The van der Waals surface area contributed by atoms with Crippen molar-refractivity contribution in [3.63, 3.8) is 0 Å². The van der Waals surface area contributed by atoms with Crippen LogP contribution < -0.4 is 56.3 Å². The summed E-state index contributed by atoms with van der Waals surface area (Å²) in [6.07, 6.45) is -3.19. The second-order valence-corrected chi connectivity index (χ2v) is 4.77. The normalized spacial score (nSPS) is 15.1. The van der Waals surface area contributed by atoms with Crippen molar-refractivity contribution in [3.05, 3.63) is 36.3 Å². The van der Waals surface area contributed by atoms with Crippen LogP contribution >= 0.6 is 0 Å². The Morgan fingerprint density at radius 1 is 1.13 bits per heavy atom. The number of alkyl halides is 2. The average Bonchev–Trinajstić information content (AvgIpc) is 2.54. The first-order chi connectivity index (χ1) is 10.4. The van der Waals surface area contributed by atoms with Crippen LogP contribution in [0.15, 0.2) is 24.3 Å². The molecule has 1 aliphatic heterocycles. The van der Waals surface area contributed by atoms with E-state index in [4.69, 9.17) is 5.26 Å². The van der Waals surface area contributed by atoms with E-state index in [0.29, 0.717) is 5.56 Å². The molecule has 0 spiro atoms. The van der Waals surface area contributed by atoms with E-state index in [1.54, 1.807) is 24.3 Å². The minimum absolute atomic E-state index is 0. The standard InChI is InChI=1S/C14H12F4N3O.K/c15-12(16)14(17,18)13(22)21-7-5-20(6-8-21)11-3-1-10(9-19)2-4-11;/h1-4H,5-8H2;/q-1;+1. The molecule has 0 aromatic heterocycles. The number of hydrogen-bond donors (Lipinski definition) is 0. The van der Waals surface area contributed by atoms with Crippen LogP contribution in [0.25, 0.3) is 0 Å². The maximum atomic E-state index is 13.0. The molecule has 23 heavy (non-hydrogen) atoms. The number of hydrogen-bond acceptors (Lipinski definition) is 3. The van der Waals surface area contributed by atoms with E-state index < -0.39 is 18.3 Å². The van der Waals surface area contributed by atoms with Crippen LogP contribution in [0.3, 0.4) is 0 Å². The Morgan fingerprint density at radius 3 is 2.09 bits per heavy atom. The van der Waals surface area contributed by atoms with Crippen molar-refractivity contribution >= 4 is 11.6 Å². The molecule has 1 saturated heterocycles. The number of carbonyl (C=O) groups is 1. The topological polar surface area (TPSA) is 47.3 Å². The van der Waals surface area contributed by atoms with Gasteiger partial charge >= 0.3 is 51.4 Å². The second-order valence-electron chi connectivity index (χ2n) is 4.77. The Balaban J connectivity index is 0.00000264. The van der Waals surface area contributed by atoms with E-state index in [1.165, 1.54) is 0 Å². The summed E-state index contributed by atoms with van der Waals surface area (Å²) >= 11 is 0. The van der Waals surface area contributed by atoms with Gasteiger partial charge in [-0.3, -0.25) is 4.79 Å². The molecule has 118 valence electrons. The molecule has 1 aromatic carbocycles. The molecule has 0 N–H and O–H groups in total. The molecule has 4 nitrogen and oxygen atoms in total. The van der Waals surface area contributed by atoms with Gasteiger partial charge in [0.1, 0.15) is 0 Å². The number of piperazine rings is 1. The molecule has 0 saturated carbocycles. The van der Waals surface area contributed by atoms with Gasteiger partial charge in [0.2, 0.25) is 0 Å². The number of halogens is 4. The van der Waals surface area contributed by atoms with Crippen LogP contribution in [-0.2, 0) is 4.79 Å². The van der Waals surface area contributed by atoms with Gasteiger partial charge in [-0.05, 0) is 24.3 Å². The number of nitriles is 1. The fourth-order valence-electron chi connectivity index (χ4n) is 2.19. The minimum atomic E-state index is -4.73. The predicted molar refractivity (Wildman–Crippen MR) is 70.4 cm³/mol. The van der Waals surface area contributed by atoms with E-state index in [0.717, 1.165) is 10.6 Å². The van der Waals surface area contributed by atoms with Crippen molar-refractivity contribution < 1.29 is 73.7 Å². The van der Waals surface area contributed by atoms with Crippen LogP contribution in [0.4, 0.5) is 23.2 Å². The van der Waals surface area contributed by atoms with Gasteiger partial charge in [0.25, 0.3) is 11.8 Å². The molecule has 1 aliphatic rings. The SMILES string of the molecule is N#Cc1ccc(N2CCN(C(=O)C(F)(F)[C-](F)F)CC2)cc1.[K+]. The third kappa shape index (κ3) is 4.67. The van der Waals surface area contributed by atoms with E-state index in [9.17, 15) is 22.4 Å². The van der Waals surface area contributed by atoms with Crippen LogP contribution in [0.5, 0.6) is 0 Å². The summed E-state index contributed by atoms with van der Waals surface area (Å²) in [5.74, 6) is -6.59. The molecule has 1 aromatic rings. The molecule has 0 radical (unpaired) electrons. The van der Waals surface area contributed by atoms with Crippen molar-refractivity contribution in [1.29, 1.82) is 5.26 Å². The molecule has 2 rings (SSSR count). The Labute approximate surface area is 173 Å². The molecule has 9 heteroatoms. The molecule has 1 heterocycles. The van der Waals surface area contributed by atoms with Gasteiger partial charge in [0.15, 0.2) is 0 Å². The molecule has 0 unspecified atom stereocenters. The van der Waals surface area contributed by atoms with Crippen LogP contribution in [0.1, 0.15) is 5.56 Å². The van der Waals surface area contributed by atoms with Crippen molar-refractivity contribution in [1.82, 2.24) is 4.90 Å². The fraction of sp³-hybridized carbons (Fsp3) is 0.357. The monoisotopic (exact) mass is 353 g/mol. The van der Waals surface area contributed by atoms with Crippen LogP contribution in [-0.4, -0.2) is 42.9 Å². The van der Waals surface area contributed by atoms with Crippen molar-refractivity contribution in [2.45, 2.75) is 5.92 Å². The van der Waals surface area contributed by atoms with Gasteiger partial charge in [0.05, 0.1) is 18.1 Å². The largest absolute Gasteiger partial charge is 1.00 e. The van der Waals surface area contributed by atoms with Gasteiger partial charge in [0, 0.05) is 31.9 Å². The van der Waals surface area contributed by atoms with Gasteiger partial charge in [-0.15, -0.1) is 0 Å². The Hall–Kier alpha value is -0.664. The Morgan fingerprint density at radius 2 is 1.65 bits per heavy atom. The predicted octanol–water partition coefficient (Wildman–Crippen LogP) is -0.725. The summed E-state index contributed by atoms with van der Waals surface area (Å²) in [6, 6.07) is 8.63. The van der Waals surface area contributed by atoms with Gasteiger partial charge < -0.3 is 18.6 Å². The zero-order valence-electron chi connectivity index (χ0n) is 12.4. The summed E-state index contributed by atoms with van der Waals surface area (Å²) in [5, 5.41) is 8.71. The molecule has 0 aliphatic carbocycles. The number of anilines is 1. The van der Waals surface area contributed by atoms with Crippen molar-refractivity contribution in [2.24, 2.45) is 0 Å². The van der Waals surface area contributed by atoms with E-state index in [2.05, 4.69) is 0 Å². The Bertz CT molecular complexity index is 581. The zero-order valence-corrected chi connectivity index (χ0v) is 15.5. The second kappa shape index (κ2) is 8.44. The van der Waals surface area contributed by atoms with Gasteiger partial charge in [-0.25, -0.2) is 8.78 Å². The van der Waals surface area contributed by atoms with Crippen LogP contribution in [0, 0.1) is 17.8 Å². The fourth-order valence-corrected chi connectivity index (χ4v) is 2.19. The molecule has 0 bridgehead atoms. The number of amides is 1. The average molecular weight is 353 g/mol. The molecule has 1 amide bonds. The van der Waals surface area contributed by atoms with Crippen molar-refractivity contribution in [3.8, 4) is 6.07 Å². The van der Waals surface area contributed by atoms with E-state index in [1.807, 2.05) is 11.0 Å². The number of rotatable bonds is 3.